The molecule has 1 N–H and O–H groups in total. The molecule has 30 heavy (non-hydrogen) atoms. The van der Waals surface area contributed by atoms with E-state index in [0.29, 0.717) is 24.1 Å². The summed E-state index contributed by atoms with van der Waals surface area (Å²) in [6.07, 6.45) is -8.31. The number of likely N-dealkylation sites (N-methyl/N-ethyl adjacent to an activating group) is 1. The van der Waals surface area contributed by atoms with E-state index in [1.807, 2.05) is 7.05 Å². The van der Waals surface area contributed by atoms with Gasteiger partial charge in [0.1, 0.15) is 13.1 Å². The molecule has 2 aromatic rings. The summed E-state index contributed by atoms with van der Waals surface area (Å²) in [6.45, 7) is 0.736. The number of hydrogen-bond donors (Lipinski definition) is 1. The number of rotatable bonds is 2. The lowest BCUT2D eigenvalue weighted by atomic mass is 9.82. The lowest BCUT2D eigenvalue weighted by Crippen LogP contribution is -3.14. The molecule has 4 rings (SSSR count). The van der Waals surface area contributed by atoms with Crippen molar-refractivity contribution in [3.8, 4) is 0 Å². The number of halogens is 7. The normalized spacial score (nSPS) is 31.7. The first-order chi connectivity index (χ1) is 13.9. The smallest absolute Gasteiger partial charge is 0.321 e. The Kier molecular flexibility index (Phi) is 4.89. The number of alkyl halides is 6. The van der Waals surface area contributed by atoms with Crippen LogP contribution in [0.5, 0.6) is 0 Å². The minimum Gasteiger partial charge on any atom is -0.321 e. The van der Waals surface area contributed by atoms with E-state index in [1.165, 1.54) is 24.3 Å². The molecule has 9 heteroatoms. The second-order valence-electron chi connectivity index (χ2n) is 8.21. The predicted molar refractivity (Wildman–Crippen MR) is 94.8 cm³/mol. The average Bonchev–Trinajstić information content (AvgIpc) is 2.67. The Morgan fingerprint density at radius 3 is 1.67 bits per heavy atom. The van der Waals surface area contributed by atoms with Gasteiger partial charge in [0.05, 0.1) is 24.6 Å². The standard InChI is InChI=1S/C21H20F7N2/c1-29-12-17-10-11-30(17,28)19(14-4-8-16(9-5-14)21(25,26)27)18(29)13-2-6-15(7-3-13)20(22,23)24/h2-9,17-19H,10-12H2,1H3/q+1/p+1. The van der Waals surface area contributed by atoms with Crippen LogP contribution in [-0.4, -0.2) is 30.9 Å². The van der Waals surface area contributed by atoms with Crippen molar-refractivity contribution in [3.63, 3.8) is 0 Å². The van der Waals surface area contributed by atoms with Crippen LogP contribution >= 0.6 is 0 Å². The van der Waals surface area contributed by atoms with Gasteiger partial charge in [0.2, 0.25) is 6.04 Å². The molecular weight excluding hydrogens is 413 g/mol. The molecule has 2 aliphatic heterocycles. The molecule has 2 saturated heterocycles. The van der Waals surface area contributed by atoms with Gasteiger partial charge in [-0.3, -0.25) is 0 Å². The highest BCUT2D eigenvalue weighted by Gasteiger charge is 2.64. The Hall–Kier alpha value is -2.13. The minimum absolute atomic E-state index is 0.237. The molecule has 5 atom stereocenters. The van der Waals surface area contributed by atoms with E-state index in [9.17, 15) is 26.3 Å². The Bertz CT molecular complexity index is 905. The summed E-state index contributed by atoms with van der Waals surface area (Å²) < 4.78 is 92.8. The number of nitrogens with one attached hydrogen (secondary N) is 1. The highest BCUT2D eigenvalue weighted by Crippen LogP contribution is 2.48. The number of quaternary nitrogens is 2. The summed E-state index contributed by atoms with van der Waals surface area (Å²) in [5.74, 6) is 0. The van der Waals surface area contributed by atoms with Crippen LogP contribution in [0.2, 0.25) is 0 Å². The zero-order valence-corrected chi connectivity index (χ0v) is 16.1. The fraction of sp³-hybridized carbons (Fsp3) is 0.429. The third-order valence-corrected chi connectivity index (χ3v) is 6.46. The summed E-state index contributed by atoms with van der Waals surface area (Å²) in [7, 11) is 1.85. The molecular formula is C21H21F7N2+2. The van der Waals surface area contributed by atoms with Crippen molar-refractivity contribution in [2.75, 3.05) is 20.1 Å². The first-order valence-electron chi connectivity index (χ1n) is 9.65. The van der Waals surface area contributed by atoms with Gasteiger partial charge in [-0.05, 0) is 28.7 Å². The van der Waals surface area contributed by atoms with Gasteiger partial charge in [0.15, 0.2) is 12.1 Å². The fourth-order valence-electron chi connectivity index (χ4n) is 4.85. The van der Waals surface area contributed by atoms with Gasteiger partial charge in [0.25, 0.3) is 0 Å². The lowest BCUT2D eigenvalue weighted by molar-refractivity contribution is -1.18. The quantitative estimate of drug-likeness (QED) is 0.524. The lowest BCUT2D eigenvalue weighted by Gasteiger charge is -2.53. The Morgan fingerprint density at radius 1 is 0.800 bits per heavy atom. The number of hydrogen-bond acceptors (Lipinski definition) is 0. The topological polar surface area (TPSA) is 4.44 Å². The number of benzene rings is 2. The monoisotopic (exact) mass is 434 g/mol. The zero-order valence-electron chi connectivity index (χ0n) is 16.1. The van der Waals surface area contributed by atoms with Crippen molar-refractivity contribution in [2.24, 2.45) is 0 Å². The summed E-state index contributed by atoms with van der Waals surface area (Å²) in [5.41, 5.74) is -0.666. The summed E-state index contributed by atoms with van der Waals surface area (Å²) in [6, 6.07) is 7.49. The summed E-state index contributed by atoms with van der Waals surface area (Å²) in [5, 5.41) is 0. The molecule has 2 aliphatic rings. The van der Waals surface area contributed by atoms with Crippen molar-refractivity contribution in [2.45, 2.75) is 36.9 Å². The van der Waals surface area contributed by atoms with Crippen molar-refractivity contribution in [1.82, 2.24) is 0 Å². The van der Waals surface area contributed by atoms with Crippen LogP contribution in [-0.2, 0) is 12.4 Å². The molecule has 2 fully saturated rings. The fourth-order valence-corrected chi connectivity index (χ4v) is 4.85. The van der Waals surface area contributed by atoms with Gasteiger partial charge < -0.3 is 4.90 Å². The minimum atomic E-state index is -4.50. The number of piperazine rings is 1. The predicted octanol–water partition coefficient (Wildman–Crippen LogP) is 4.51. The van der Waals surface area contributed by atoms with E-state index in [-0.39, 0.29) is 12.6 Å². The maximum Gasteiger partial charge on any atom is 0.416 e. The highest BCUT2D eigenvalue weighted by atomic mass is 19.4. The van der Waals surface area contributed by atoms with Crippen molar-refractivity contribution in [3.05, 3.63) is 70.8 Å². The highest BCUT2D eigenvalue weighted by molar-refractivity contribution is 5.31. The molecule has 0 radical (unpaired) electrons. The van der Waals surface area contributed by atoms with Crippen molar-refractivity contribution in [1.29, 1.82) is 0 Å². The summed E-state index contributed by atoms with van der Waals surface area (Å²) in [4.78, 5) is 0.927. The van der Waals surface area contributed by atoms with Crippen molar-refractivity contribution < 1.29 is 40.4 Å². The van der Waals surface area contributed by atoms with Crippen molar-refractivity contribution >= 4 is 0 Å². The van der Waals surface area contributed by atoms with Crippen LogP contribution in [0.1, 0.15) is 40.8 Å². The zero-order chi connectivity index (χ0) is 21.9. The molecule has 0 spiro atoms. The van der Waals surface area contributed by atoms with E-state index < -0.39 is 40.3 Å². The van der Waals surface area contributed by atoms with E-state index in [0.717, 1.165) is 29.2 Å². The molecule has 0 aliphatic carbocycles. The van der Waals surface area contributed by atoms with E-state index in [4.69, 9.17) is 0 Å². The molecule has 162 valence electrons. The third kappa shape index (κ3) is 3.47. The van der Waals surface area contributed by atoms with E-state index in [2.05, 4.69) is 0 Å². The molecule has 0 aromatic heterocycles. The molecule has 0 amide bonds. The molecule has 2 nitrogen and oxygen atoms in total. The number of nitrogens with zero attached hydrogens (tertiary/aromatic N) is 1. The average molecular weight is 434 g/mol. The van der Waals surface area contributed by atoms with Gasteiger partial charge in [0, 0.05) is 11.1 Å². The molecule has 0 bridgehead atoms. The summed E-state index contributed by atoms with van der Waals surface area (Å²) >= 11 is 0. The van der Waals surface area contributed by atoms with Gasteiger partial charge >= 0.3 is 12.4 Å². The van der Waals surface area contributed by atoms with Crippen LogP contribution in [0.3, 0.4) is 0 Å². The first kappa shape index (κ1) is 21.1. The Labute approximate surface area is 169 Å². The van der Waals surface area contributed by atoms with Gasteiger partial charge in [-0.2, -0.15) is 26.3 Å². The van der Waals surface area contributed by atoms with Gasteiger partial charge in [-0.25, -0.2) is 0 Å². The maximum absolute atomic E-state index is 15.9. The van der Waals surface area contributed by atoms with E-state index >= 15 is 4.48 Å². The second kappa shape index (κ2) is 6.95. The SMILES string of the molecule is C[NH+]1CC2CC[N+]2(F)C(c2ccc(C(F)(F)F)cc2)C1c1ccc(C(F)(F)F)cc1. The number of fused-ring (bicyclic) bond motifs is 1. The van der Waals surface area contributed by atoms with Crippen LogP contribution in [0.15, 0.2) is 48.5 Å². The van der Waals surface area contributed by atoms with Crippen LogP contribution in [0.4, 0.5) is 30.8 Å². The van der Waals surface area contributed by atoms with E-state index in [1.54, 1.807) is 0 Å². The van der Waals surface area contributed by atoms with Crippen LogP contribution in [0, 0.1) is 0 Å². The van der Waals surface area contributed by atoms with Crippen LogP contribution < -0.4 is 4.90 Å². The van der Waals surface area contributed by atoms with Gasteiger partial charge in [-0.1, -0.05) is 24.3 Å². The second-order valence-corrected chi connectivity index (χ2v) is 8.21. The first-order valence-corrected chi connectivity index (χ1v) is 9.65. The molecule has 0 saturated carbocycles. The van der Waals surface area contributed by atoms with Gasteiger partial charge in [-0.15, -0.1) is 4.71 Å². The Balaban J connectivity index is 1.75. The molecule has 5 unspecified atom stereocenters. The van der Waals surface area contributed by atoms with Crippen LogP contribution in [0.25, 0.3) is 0 Å². The molecule has 2 heterocycles. The third-order valence-electron chi connectivity index (χ3n) is 6.46. The largest absolute Gasteiger partial charge is 0.416 e. The Morgan fingerprint density at radius 2 is 1.27 bits per heavy atom. The maximum atomic E-state index is 15.9. The molecule has 2 aromatic carbocycles.